The minimum absolute atomic E-state index is 0.179. The van der Waals surface area contributed by atoms with Gasteiger partial charge in [-0.3, -0.25) is 4.79 Å². The Morgan fingerprint density at radius 3 is 2.40 bits per heavy atom. The number of rotatable bonds is 1. The fourth-order valence-corrected chi connectivity index (χ4v) is 2.58. The lowest BCUT2D eigenvalue weighted by Crippen LogP contribution is -2.67. The summed E-state index contributed by atoms with van der Waals surface area (Å²) in [5, 5.41) is 0. The van der Waals surface area contributed by atoms with Crippen LogP contribution < -0.4 is 0 Å². The first kappa shape index (κ1) is 15.1. The molecule has 2 heterocycles. The second kappa shape index (κ2) is 5.24. The maximum atomic E-state index is 11.9. The fraction of sp³-hybridized carbons (Fsp3) is 0.857. The molecule has 114 valence electrons. The van der Waals surface area contributed by atoms with E-state index in [4.69, 9.17) is 14.2 Å². The molecule has 1 atom stereocenters. The number of nitrogens with zero attached hydrogens (tertiary/aromatic N) is 1. The number of methoxy groups -OCH3 is 1. The molecule has 2 aliphatic rings. The zero-order valence-corrected chi connectivity index (χ0v) is 12.6. The number of carbonyl (C=O) groups excluding carboxylic acids is 2. The lowest BCUT2D eigenvalue weighted by molar-refractivity contribution is -0.185. The first-order chi connectivity index (χ1) is 9.25. The van der Waals surface area contributed by atoms with Crippen molar-refractivity contribution >= 4 is 12.1 Å². The van der Waals surface area contributed by atoms with Crippen molar-refractivity contribution in [1.82, 2.24) is 4.90 Å². The van der Waals surface area contributed by atoms with E-state index in [1.807, 2.05) is 20.8 Å². The molecule has 0 aliphatic carbocycles. The first-order valence-electron chi connectivity index (χ1n) is 6.94. The monoisotopic (exact) mass is 285 g/mol. The third-order valence-electron chi connectivity index (χ3n) is 3.68. The Labute approximate surface area is 119 Å². The average Bonchev–Trinajstić information content (AvgIpc) is 2.33. The SMILES string of the molecule is COC(=O)C1CCC2(CN(C(=O)OC(C)(C)C)C2)OC1. The van der Waals surface area contributed by atoms with Gasteiger partial charge in [-0.05, 0) is 33.6 Å². The molecule has 0 saturated carbocycles. The number of likely N-dealkylation sites (tertiary alicyclic amines) is 1. The van der Waals surface area contributed by atoms with E-state index in [0.29, 0.717) is 19.7 Å². The highest BCUT2D eigenvalue weighted by Gasteiger charge is 2.50. The Balaban J connectivity index is 1.79. The van der Waals surface area contributed by atoms with Crippen molar-refractivity contribution in [3.8, 4) is 0 Å². The van der Waals surface area contributed by atoms with E-state index >= 15 is 0 Å². The lowest BCUT2D eigenvalue weighted by Gasteiger charge is -2.52. The summed E-state index contributed by atoms with van der Waals surface area (Å²) in [5.74, 6) is -0.399. The van der Waals surface area contributed by atoms with Gasteiger partial charge in [0.25, 0.3) is 0 Å². The van der Waals surface area contributed by atoms with Gasteiger partial charge >= 0.3 is 12.1 Å². The molecule has 0 N–H and O–H groups in total. The maximum Gasteiger partial charge on any atom is 0.410 e. The molecule has 6 heteroatoms. The van der Waals surface area contributed by atoms with Crippen molar-refractivity contribution in [3.05, 3.63) is 0 Å². The number of hydrogen-bond acceptors (Lipinski definition) is 5. The molecule has 2 fully saturated rings. The van der Waals surface area contributed by atoms with Crippen molar-refractivity contribution in [2.45, 2.75) is 44.8 Å². The topological polar surface area (TPSA) is 65.1 Å². The predicted molar refractivity (Wildman–Crippen MR) is 71.2 cm³/mol. The van der Waals surface area contributed by atoms with Crippen LogP contribution in [0.3, 0.4) is 0 Å². The number of hydrogen-bond donors (Lipinski definition) is 0. The normalized spacial score (nSPS) is 25.0. The summed E-state index contributed by atoms with van der Waals surface area (Å²) < 4.78 is 15.8. The number of amides is 1. The average molecular weight is 285 g/mol. The van der Waals surface area contributed by atoms with Crippen LogP contribution in [0, 0.1) is 5.92 Å². The predicted octanol–water partition coefficient (Wildman–Crippen LogP) is 1.58. The van der Waals surface area contributed by atoms with Crippen molar-refractivity contribution < 1.29 is 23.8 Å². The van der Waals surface area contributed by atoms with Gasteiger partial charge in [-0.2, -0.15) is 0 Å². The summed E-state index contributed by atoms with van der Waals surface area (Å²) in [6.45, 7) is 6.98. The molecular weight excluding hydrogens is 262 g/mol. The molecule has 2 saturated heterocycles. The molecule has 0 bridgehead atoms. The Morgan fingerprint density at radius 2 is 1.95 bits per heavy atom. The Hall–Kier alpha value is -1.30. The van der Waals surface area contributed by atoms with E-state index in [1.165, 1.54) is 7.11 Å². The Kier molecular flexibility index (Phi) is 3.95. The molecule has 2 aliphatic heterocycles. The van der Waals surface area contributed by atoms with Crippen LogP contribution in [-0.4, -0.2) is 55.0 Å². The van der Waals surface area contributed by atoms with Crippen LogP contribution in [0.5, 0.6) is 0 Å². The van der Waals surface area contributed by atoms with Gasteiger partial charge in [-0.1, -0.05) is 0 Å². The lowest BCUT2D eigenvalue weighted by atomic mass is 9.83. The molecule has 6 nitrogen and oxygen atoms in total. The first-order valence-corrected chi connectivity index (χ1v) is 6.94. The van der Waals surface area contributed by atoms with Crippen LogP contribution >= 0.6 is 0 Å². The quantitative estimate of drug-likeness (QED) is 0.684. The van der Waals surface area contributed by atoms with Gasteiger partial charge in [0.05, 0.1) is 32.7 Å². The van der Waals surface area contributed by atoms with Gasteiger partial charge in [0.15, 0.2) is 0 Å². The van der Waals surface area contributed by atoms with Gasteiger partial charge in [-0.25, -0.2) is 4.79 Å². The Morgan fingerprint density at radius 1 is 1.30 bits per heavy atom. The summed E-state index contributed by atoms with van der Waals surface area (Å²) in [5.41, 5.74) is -0.773. The summed E-state index contributed by atoms with van der Waals surface area (Å²) in [6, 6.07) is 0. The molecule has 0 radical (unpaired) electrons. The smallest absolute Gasteiger partial charge is 0.410 e. The van der Waals surface area contributed by atoms with Gasteiger partial charge < -0.3 is 19.1 Å². The third-order valence-corrected chi connectivity index (χ3v) is 3.68. The standard InChI is InChI=1S/C14H23NO5/c1-13(2,3)20-12(17)15-8-14(9-15)6-5-10(7-19-14)11(16)18-4/h10H,5-9H2,1-4H3. The molecule has 1 unspecified atom stereocenters. The van der Waals surface area contributed by atoms with Crippen LogP contribution in [0.15, 0.2) is 0 Å². The number of esters is 1. The van der Waals surface area contributed by atoms with Gasteiger partial charge in [0, 0.05) is 0 Å². The van der Waals surface area contributed by atoms with E-state index < -0.39 is 5.60 Å². The van der Waals surface area contributed by atoms with Crippen LogP contribution in [0.2, 0.25) is 0 Å². The zero-order chi connectivity index (χ0) is 15.0. The van der Waals surface area contributed by atoms with Gasteiger partial charge in [-0.15, -0.1) is 0 Å². The molecule has 1 spiro atoms. The molecule has 20 heavy (non-hydrogen) atoms. The summed E-state index contributed by atoms with van der Waals surface area (Å²) in [4.78, 5) is 24.9. The molecule has 0 aromatic heterocycles. The van der Waals surface area contributed by atoms with Crippen LogP contribution in [0.25, 0.3) is 0 Å². The highest BCUT2D eigenvalue weighted by molar-refractivity contribution is 5.72. The van der Waals surface area contributed by atoms with Gasteiger partial charge in [0.1, 0.15) is 11.2 Å². The highest BCUT2D eigenvalue weighted by Crippen LogP contribution is 2.36. The minimum atomic E-state index is -0.483. The van der Waals surface area contributed by atoms with E-state index in [9.17, 15) is 9.59 Å². The van der Waals surface area contributed by atoms with Crippen LogP contribution in [0.4, 0.5) is 4.79 Å². The van der Waals surface area contributed by atoms with E-state index in [0.717, 1.165) is 12.8 Å². The number of ether oxygens (including phenoxy) is 3. The molecule has 2 rings (SSSR count). The maximum absolute atomic E-state index is 11.9. The van der Waals surface area contributed by atoms with E-state index in [2.05, 4.69) is 0 Å². The third kappa shape index (κ3) is 3.23. The summed E-state index contributed by atoms with van der Waals surface area (Å²) in [7, 11) is 1.39. The highest BCUT2D eigenvalue weighted by atomic mass is 16.6. The Bertz CT molecular complexity index is 385. The van der Waals surface area contributed by atoms with Crippen LogP contribution in [-0.2, 0) is 19.0 Å². The molecule has 0 aromatic carbocycles. The van der Waals surface area contributed by atoms with Crippen molar-refractivity contribution in [1.29, 1.82) is 0 Å². The van der Waals surface area contributed by atoms with E-state index in [-0.39, 0.29) is 23.6 Å². The van der Waals surface area contributed by atoms with Crippen molar-refractivity contribution in [2.75, 3.05) is 26.8 Å². The molecule has 1 amide bonds. The summed E-state index contributed by atoms with van der Waals surface area (Å²) >= 11 is 0. The van der Waals surface area contributed by atoms with Crippen LogP contribution in [0.1, 0.15) is 33.6 Å². The second-order valence-electron chi connectivity index (χ2n) is 6.59. The van der Waals surface area contributed by atoms with E-state index in [1.54, 1.807) is 4.90 Å². The fourth-order valence-electron chi connectivity index (χ4n) is 2.58. The van der Waals surface area contributed by atoms with Gasteiger partial charge in [0.2, 0.25) is 0 Å². The largest absolute Gasteiger partial charge is 0.469 e. The zero-order valence-electron chi connectivity index (χ0n) is 12.6. The number of carbonyl (C=O) groups is 2. The van der Waals surface area contributed by atoms with Crippen molar-refractivity contribution in [2.24, 2.45) is 5.92 Å². The van der Waals surface area contributed by atoms with Crippen molar-refractivity contribution in [3.63, 3.8) is 0 Å². The second-order valence-corrected chi connectivity index (χ2v) is 6.59. The molecule has 0 aromatic rings. The minimum Gasteiger partial charge on any atom is -0.469 e. The molecular formula is C14H23NO5. The summed E-state index contributed by atoms with van der Waals surface area (Å²) in [6.07, 6.45) is 1.21.